The number of primary amides is 1. The molecule has 0 aliphatic rings. The Morgan fingerprint density at radius 3 is 3.00 bits per heavy atom. The van der Waals surface area contributed by atoms with Crippen LogP contribution in [0.25, 0.3) is 0 Å². The van der Waals surface area contributed by atoms with Crippen LogP contribution in [0.1, 0.15) is 21.9 Å². The summed E-state index contributed by atoms with van der Waals surface area (Å²) in [4.78, 5) is 25.5. The zero-order chi connectivity index (χ0) is 10.6. The lowest BCUT2D eigenvalue weighted by atomic mass is 10.3. The molecule has 1 heterocycles. The van der Waals surface area contributed by atoms with Crippen LogP contribution in [-0.2, 0) is 4.79 Å². The van der Waals surface area contributed by atoms with Crippen LogP contribution in [0, 0.1) is 6.42 Å². The van der Waals surface area contributed by atoms with Crippen molar-refractivity contribution in [2.75, 3.05) is 7.05 Å². The zero-order valence-electron chi connectivity index (χ0n) is 7.61. The third-order valence-corrected chi connectivity index (χ3v) is 2.30. The summed E-state index contributed by atoms with van der Waals surface area (Å²) < 4.78 is 0. The first-order valence-corrected chi connectivity index (χ1v) is 4.80. The van der Waals surface area contributed by atoms with Gasteiger partial charge in [0.05, 0.1) is 5.01 Å². The Bertz CT molecular complexity index is 348. The first-order chi connectivity index (χ1) is 6.63. The van der Waals surface area contributed by atoms with Crippen LogP contribution in [0.5, 0.6) is 0 Å². The fraction of sp³-hybridized carbons (Fsp3) is 0.250. The lowest BCUT2D eigenvalue weighted by Crippen LogP contribution is -2.18. The van der Waals surface area contributed by atoms with Gasteiger partial charge in [0.2, 0.25) is 5.91 Å². The molecule has 0 aromatic carbocycles. The molecule has 5 nitrogen and oxygen atoms in total. The number of amides is 2. The van der Waals surface area contributed by atoms with Crippen molar-refractivity contribution < 1.29 is 9.59 Å². The highest BCUT2D eigenvalue weighted by Crippen LogP contribution is 2.12. The summed E-state index contributed by atoms with van der Waals surface area (Å²) >= 11 is 1.30. The van der Waals surface area contributed by atoms with Gasteiger partial charge in [0.1, 0.15) is 5.69 Å². The van der Waals surface area contributed by atoms with Crippen LogP contribution >= 0.6 is 11.3 Å². The third kappa shape index (κ3) is 2.81. The number of hydrogen-bond donors (Lipinski definition) is 2. The Hall–Kier alpha value is -1.43. The van der Waals surface area contributed by atoms with Crippen molar-refractivity contribution in [3.8, 4) is 0 Å². The van der Waals surface area contributed by atoms with E-state index in [4.69, 9.17) is 5.73 Å². The highest BCUT2D eigenvalue weighted by atomic mass is 32.1. The number of carbonyl (C=O) groups is 2. The molecule has 0 aliphatic heterocycles. The van der Waals surface area contributed by atoms with Gasteiger partial charge in [-0.3, -0.25) is 9.59 Å². The predicted molar refractivity (Wildman–Crippen MR) is 52.7 cm³/mol. The Kier molecular flexibility index (Phi) is 3.58. The number of nitrogens with one attached hydrogen (secondary N) is 1. The van der Waals surface area contributed by atoms with Crippen molar-refractivity contribution in [2.24, 2.45) is 5.73 Å². The molecule has 6 heteroatoms. The average Bonchev–Trinajstić information content (AvgIpc) is 2.62. The van der Waals surface area contributed by atoms with E-state index in [1.165, 1.54) is 18.4 Å². The molecule has 0 bridgehead atoms. The highest BCUT2D eigenvalue weighted by molar-refractivity contribution is 7.10. The quantitative estimate of drug-likeness (QED) is 0.732. The molecule has 1 radical (unpaired) electrons. The minimum Gasteiger partial charge on any atom is -0.370 e. The minimum atomic E-state index is -0.415. The average molecular weight is 212 g/mol. The van der Waals surface area contributed by atoms with Gasteiger partial charge in [-0.25, -0.2) is 4.98 Å². The second-order valence-electron chi connectivity index (χ2n) is 2.52. The van der Waals surface area contributed by atoms with Gasteiger partial charge in [0, 0.05) is 25.3 Å². The van der Waals surface area contributed by atoms with Crippen LogP contribution in [0.2, 0.25) is 0 Å². The molecule has 0 fully saturated rings. The topological polar surface area (TPSA) is 85.1 Å². The van der Waals surface area contributed by atoms with Crippen molar-refractivity contribution in [1.82, 2.24) is 10.3 Å². The van der Waals surface area contributed by atoms with Gasteiger partial charge in [-0.1, -0.05) is 0 Å². The van der Waals surface area contributed by atoms with Gasteiger partial charge in [0.25, 0.3) is 5.91 Å². The van der Waals surface area contributed by atoms with Crippen LogP contribution in [0.4, 0.5) is 0 Å². The molecule has 0 saturated heterocycles. The fourth-order valence-corrected chi connectivity index (χ4v) is 1.52. The monoisotopic (exact) mass is 212 g/mol. The molecule has 0 spiro atoms. The van der Waals surface area contributed by atoms with E-state index in [1.807, 2.05) is 0 Å². The summed E-state index contributed by atoms with van der Waals surface area (Å²) in [6, 6.07) is 0. The van der Waals surface area contributed by atoms with Gasteiger partial charge in [-0.2, -0.15) is 0 Å². The van der Waals surface area contributed by atoms with Gasteiger partial charge >= 0.3 is 0 Å². The molecule has 0 aliphatic carbocycles. The lowest BCUT2D eigenvalue weighted by molar-refractivity contribution is -0.117. The molecule has 1 aromatic rings. The molecule has 14 heavy (non-hydrogen) atoms. The van der Waals surface area contributed by atoms with Crippen LogP contribution in [0.15, 0.2) is 5.38 Å². The largest absolute Gasteiger partial charge is 0.370 e. The number of aromatic nitrogens is 1. The van der Waals surface area contributed by atoms with Crippen LogP contribution in [-0.4, -0.2) is 23.8 Å². The van der Waals surface area contributed by atoms with E-state index in [0.717, 1.165) is 0 Å². The van der Waals surface area contributed by atoms with E-state index in [1.54, 1.807) is 11.8 Å². The summed E-state index contributed by atoms with van der Waals surface area (Å²) in [5, 5.41) is 4.72. The number of hydrogen-bond acceptors (Lipinski definition) is 4. The van der Waals surface area contributed by atoms with E-state index in [2.05, 4.69) is 10.3 Å². The Morgan fingerprint density at radius 1 is 1.71 bits per heavy atom. The Balaban J connectivity index is 2.59. The van der Waals surface area contributed by atoms with E-state index in [9.17, 15) is 9.59 Å². The summed E-state index contributed by atoms with van der Waals surface area (Å²) in [7, 11) is 1.54. The second kappa shape index (κ2) is 4.71. The van der Waals surface area contributed by atoms with Crippen LogP contribution in [0.3, 0.4) is 0 Å². The Labute approximate surface area is 85.3 Å². The minimum absolute atomic E-state index is 0.140. The summed E-state index contributed by atoms with van der Waals surface area (Å²) in [6.45, 7) is 0. The van der Waals surface area contributed by atoms with Crippen molar-refractivity contribution in [3.63, 3.8) is 0 Å². The van der Waals surface area contributed by atoms with E-state index in [0.29, 0.717) is 10.7 Å². The maximum absolute atomic E-state index is 11.1. The molecular formula is C8H10N3O2S. The standard InChI is InChI=1S/C8H10N3O2S/c1-10-8(13)5-4-14-7(11-5)3-2-6(9)12/h3-4H,2H2,1H3,(H2,9,12)(H,10,13). The van der Waals surface area contributed by atoms with Gasteiger partial charge in [-0.05, 0) is 0 Å². The Morgan fingerprint density at radius 2 is 2.43 bits per heavy atom. The fourth-order valence-electron chi connectivity index (χ4n) is 0.802. The first-order valence-electron chi connectivity index (χ1n) is 3.92. The molecular weight excluding hydrogens is 202 g/mol. The number of thiazole rings is 1. The molecule has 2 amide bonds. The van der Waals surface area contributed by atoms with Gasteiger partial charge < -0.3 is 11.1 Å². The van der Waals surface area contributed by atoms with Crippen molar-refractivity contribution in [3.05, 3.63) is 22.5 Å². The van der Waals surface area contributed by atoms with Crippen LogP contribution < -0.4 is 11.1 Å². The summed E-state index contributed by atoms with van der Waals surface area (Å²) in [5.74, 6) is -0.651. The lowest BCUT2D eigenvalue weighted by Gasteiger charge is -1.92. The molecule has 3 N–H and O–H groups in total. The van der Waals surface area contributed by atoms with Gasteiger partial charge in [0.15, 0.2) is 0 Å². The molecule has 0 unspecified atom stereocenters. The third-order valence-electron chi connectivity index (χ3n) is 1.46. The van der Waals surface area contributed by atoms with E-state index < -0.39 is 5.91 Å². The number of nitrogens with two attached hydrogens (primary N) is 1. The summed E-state index contributed by atoms with van der Waals surface area (Å²) in [6.07, 6.45) is 1.74. The smallest absolute Gasteiger partial charge is 0.270 e. The molecule has 0 atom stereocenters. The van der Waals surface area contributed by atoms with E-state index >= 15 is 0 Å². The van der Waals surface area contributed by atoms with Crippen molar-refractivity contribution in [2.45, 2.75) is 6.42 Å². The maximum Gasteiger partial charge on any atom is 0.270 e. The van der Waals surface area contributed by atoms with Crippen molar-refractivity contribution >= 4 is 23.2 Å². The number of nitrogens with zero attached hydrogens (tertiary/aromatic N) is 1. The molecule has 75 valence electrons. The number of carbonyl (C=O) groups excluding carboxylic acids is 2. The normalized spacial score (nSPS) is 9.79. The van der Waals surface area contributed by atoms with Crippen molar-refractivity contribution in [1.29, 1.82) is 0 Å². The molecule has 1 rings (SSSR count). The first kappa shape index (κ1) is 10.6. The highest BCUT2D eigenvalue weighted by Gasteiger charge is 2.09. The molecule has 0 saturated carbocycles. The maximum atomic E-state index is 11.1. The zero-order valence-corrected chi connectivity index (χ0v) is 8.43. The molecule has 1 aromatic heterocycles. The second-order valence-corrected chi connectivity index (χ2v) is 3.41. The number of rotatable bonds is 4. The SMILES string of the molecule is CNC(=O)c1csc([CH]CC(N)=O)n1. The van der Waals surface area contributed by atoms with Gasteiger partial charge in [-0.15, -0.1) is 11.3 Å². The summed E-state index contributed by atoms with van der Waals surface area (Å²) in [5.41, 5.74) is 5.32. The predicted octanol–water partition coefficient (Wildman–Crippen LogP) is -0.0695. The van der Waals surface area contributed by atoms with E-state index in [-0.39, 0.29) is 12.3 Å².